The quantitative estimate of drug-likeness (QED) is 0.148. The van der Waals surface area contributed by atoms with Gasteiger partial charge in [-0.05, 0) is 136 Å². The van der Waals surface area contributed by atoms with Crippen molar-refractivity contribution in [3.8, 4) is 44.8 Å². The van der Waals surface area contributed by atoms with Crippen molar-refractivity contribution in [3.05, 3.63) is 261 Å². The van der Waals surface area contributed by atoms with E-state index in [1.807, 2.05) is 0 Å². The summed E-state index contributed by atoms with van der Waals surface area (Å²) in [7, 11) is 0. The van der Waals surface area contributed by atoms with E-state index >= 15 is 0 Å². The van der Waals surface area contributed by atoms with Crippen LogP contribution in [0.3, 0.4) is 0 Å². The molecule has 3 nitrogen and oxygen atoms in total. The molecule has 13 aromatic rings. The monoisotopic (exact) mass is 853 g/mol. The van der Waals surface area contributed by atoms with E-state index in [4.69, 9.17) is 0 Å². The number of anilines is 3. The molecule has 0 fully saturated rings. The Kier molecular flexibility index (Phi) is 9.17. The summed E-state index contributed by atoms with van der Waals surface area (Å²) in [6.45, 7) is 0. The van der Waals surface area contributed by atoms with E-state index in [1.54, 1.807) is 0 Å². The number of benzene rings is 11. The minimum atomic E-state index is 1.10. The zero-order chi connectivity index (χ0) is 44.3. The summed E-state index contributed by atoms with van der Waals surface area (Å²) in [6.07, 6.45) is 0. The minimum Gasteiger partial charge on any atom is -0.310 e. The van der Waals surface area contributed by atoms with E-state index in [0.29, 0.717) is 0 Å². The first-order valence-corrected chi connectivity index (χ1v) is 23.0. The van der Waals surface area contributed by atoms with Crippen LogP contribution in [0.1, 0.15) is 0 Å². The maximum absolute atomic E-state index is 2.41. The fraction of sp³-hybridized carbons (Fsp3) is 0. The summed E-state index contributed by atoms with van der Waals surface area (Å²) in [6, 6.07) is 95.0. The molecule has 0 aliphatic rings. The Morgan fingerprint density at radius 1 is 0.239 bits per heavy atom. The lowest BCUT2D eigenvalue weighted by Gasteiger charge is -2.27. The molecule has 314 valence electrons. The Labute approximate surface area is 389 Å². The molecule has 0 N–H and O–H groups in total. The standard InChI is InChI=1S/C64H43N3/c1-4-19-51(20-5-1)65(60-30-16-18-45-17-10-11-25-55(45)60)54-35-31-44(32-36-54)48-39-49(46-33-37-58-56-26-12-14-28-61(56)66(63(58)42-46)52-21-6-2-7-22-52)41-50(40-48)47-34-38-59-57-27-13-15-29-62(57)67(64(59)43-47)53-23-8-3-9-24-53/h1-43H. The van der Waals surface area contributed by atoms with Gasteiger partial charge in [0.05, 0.1) is 27.8 Å². The number of aromatic nitrogens is 2. The van der Waals surface area contributed by atoms with Crippen LogP contribution < -0.4 is 4.90 Å². The van der Waals surface area contributed by atoms with Crippen LogP contribution in [0.4, 0.5) is 17.1 Å². The van der Waals surface area contributed by atoms with Gasteiger partial charge in [-0.2, -0.15) is 0 Å². The normalized spacial score (nSPS) is 11.6. The second-order valence-corrected chi connectivity index (χ2v) is 17.4. The van der Waals surface area contributed by atoms with Crippen molar-refractivity contribution >= 4 is 71.4 Å². The highest BCUT2D eigenvalue weighted by atomic mass is 15.1. The number of nitrogens with zero attached hydrogens (tertiary/aromatic N) is 3. The predicted molar refractivity (Wildman–Crippen MR) is 284 cm³/mol. The zero-order valence-corrected chi connectivity index (χ0v) is 36.7. The first-order chi connectivity index (χ1) is 33.2. The molecule has 0 amide bonds. The highest BCUT2D eigenvalue weighted by Crippen LogP contribution is 2.42. The van der Waals surface area contributed by atoms with Crippen LogP contribution in [0.5, 0.6) is 0 Å². The van der Waals surface area contributed by atoms with Crippen molar-refractivity contribution in [1.29, 1.82) is 0 Å². The molecule has 0 aliphatic carbocycles. The van der Waals surface area contributed by atoms with Crippen LogP contribution in [-0.2, 0) is 0 Å². The van der Waals surface area contributed by atoms with Crippen molar-refractivity contribution < 1.29 is 0 Å². The third-order valence-electron chi connectivity index (χ3n) is 13.5. The Hall–Kier alpha value is -8.92. The lowest BCUT2D eigenvalue weighted by Crippen LogP contribution is -2.10. The minimum absolute atomic E-state index is 1.10. The van der Waals surface area contributed by atoms with Crippen molar-refractivity contribution in [2.75, 3.05) is 4.90 Å². The molecule has 0 radical (unpaired) electrons. The molecule has 0 aliphatic heterocycles. The van der Waals surface area contributed by atoms with E-state index in [9.17, 15) is 0 Å². The molecule has 13 rings (SSSR count). The molecule has 0 atom stereocenters. The average molecular weight is 854 g/mol. The van der Waals surface area contributed by atoms with Crippen molar-refractivity contribution in [1.82, 2.24) is 9.13 Å². The lowest BCUT2D eigenvalue weighted by atomic mass is 9.92. The fourth-order valence-electron chi connectivity index (χ4n) is 10.3. The number of hydrogen-bond donors (Lipinski definition) is 0. The van der Waals surface area contributed by atoms with Gasteiger partial charge in [0, 0.05) is 49.7 Å². The van der Waals surface area contributed by atoms with Crippen molar-refractivity contribution in [2.45, 2.75) is 0 Å². The van der Waals surface area contributed by atoms with Gasteiger partial charge in [0.15, 0.2) is 0 Å². The van der Waals surface area contributed by atoms with Gasteiger partial charge in [-0.15, -0.1) is 0 Å². The van der Waals surface area contributed by atoms with Crippen LogP contribution in [0.25, 0.3) is 99.1 Å². The molecular formula is C64H43N3. The Morgan fingerprint density at radius 2 is 0.642 bits per heavy atom. The van der Waals surface area contributed by atoms with E-state index < -0.39 is 0 Å². The maximum atomic E-state index is 2.41. The molecule has 0 saturated heterocycles. The highest BCUT2D eigenvalue weighted by molar-refractivity contribution is 6.12. The molecule has 2 aromatic heterocycles. The molecule has 3 heteroatoms. The summed E-state index contributed by atoms with van der Waals surface area (Å²) in [5, 5.41) is 7.40. The maximum Gasteiger partial charge on any atom is 0.0547 e. The van der Waals surface area contributed by atoms with Crippen LogP contribution in [0, 0.1) is 0 Å². The van der Waals surface area contributed by atoms with Gasteiger partial charge >= 0.3 is 0 Å². The Bertz CT molecular complexity index is 3780. The van der Waals surface area contributed by atoms with E-state index in [2.05, 4.69) is 275 Å². The smallest absolute Gasteiger partial charge is 0.0547 e. The van der Waals surface area contributed by atoms with Gasteiger partial charge in [-0.3, -0.25) is 0 Å². The van der Waals surface area contributed by atoms with Crippen molar-refractivity contribution in [2.24, 2.45) is 0 Å². The van der Waals surface area contributed by atoms with Gasteiger partial charge in [0.25, 0.3) is 0 Å². The zero-order valence-electron chi connectivity index (χ0n) is 36.7. The highest BCUT2D eigenvalue weighted by Gasteiger charge is 2.19. The molecule has 0 unspecified atom stereocenters. The number of rotatable bonds is 8. The molecule has 2 heterocycles. The van der Waals surface area contributed by atoms with Crippen LogP contribution in [0.2, 0.25) is 0 Å². The number of fused-ring (bicyclic) bond motifs is 7. The SMILES string of the molecule is c1ccc(N(c2ccc(-c3cc(-c4ccc5c6ccccc6n(-c6ccccc6)c5c4)cc(-c4ccc5c6ccccc6n(-c6ccccc6)c5c4)c3)cc2)c2cccc3ccccc23)cc1. The van der Waals surface area contributed by atoms with Crippen molar-refractivity contribution in [3.63, 3.8) is 0 Å². The van der Waals surface area contributed by atoms with E-state index in [0.717, 1.165) is 61.8 Å². The lowest BCUT2D eigenvalue weighted by molar-refractivity contribution is 1.18. The van der Waals surface area contributed by atoms with Crippen LogP contribution in [-0.4, -0.2) is 9.13 Å². The Morgan fingerprint density at radius 3 is 1.19 bits per heavy atom. The summed E-state index contributed by atoms with van der Waals surface area (Å²) in [5.41, 5.74) is 17.4. The van der Waals surface area contributed by atoms with Crippen LogP contribution in [0.15, 0.2) is 261 Å². The van der Waals surface area contributed by atoms with E-state index in [1.165, 1.54) is 54.4 Å². The van der Waals surface area contributed by atoms with Gasteiger partial charge in [0.1, 0.15) is 0 Å². The first-order valence-electron chi connectivity index (χ1n) is 23.0. The second kappa shape index (κ2) is 16.0. The largest absolute Gasteiger partial charge is 0.310 e. The summed E-state index contributed by atoms with van der Waals surface area (Å²) >= 11 is 0. The predicted octanol–water partition coefficient (Wildman–Crippen LogP) is 17.5. The molecule has 11 aromatic carbocycles. The average Bonchev–Trinajstić information content (AvgIpc) is 3.92. The summed E-state index contributed by atoms with van der Waals surface area (Å²) in [5.74, 6) is 0. The summed E-state index contributed by atoms with van der Waals surface area (Å²) < 4.78 is 4.81. The van der Waals surface area contributed by atoms with Gasteiger partial charge < -0.3 is 14.0 Å². The molecular weight excluding hydrogens is 811 g/mol. The third-order valence-corrected chi connectivity index (χ3v) is 13.5. The van der Waals surface area contributed by atoms with Gasteiger partial charge in [-0.1, -0.05) is 164 Å². The molecule has 0 bridgehead atoms. The first kappa shape index (κ1) is 38.5. The topological polar surface area (TPSA) is 13.1 Å². The molecule has 0 saturated carbocycles. The Balaban J connectivity index is 1.00. The second-order valence-electron chi connectivity index (χ2n) is 17.4. The van der Waals surface area contributed by atoms with Crippen LogP contribution >= 0.6 is 0 Å². The van der Waals surface area contributed by atoms with Gasteiger partial charge in [0.2, 0.25) is 0 Å². The van der Waals surface area contributed by atoms with E-state index in [-0.39, 0.29) is 0 Å². The number of para-hydroxylation sites is 5. The third kappa shape index (κ3) is 6.59. The fourth-order valence-corrected chi connectivity index (χ4v) is 10.3. The molecule has 67 heavy (non-hydrogen) atoms. The molecule has 0 spiro atoms. The van der Waals surface area contributed by atoms with Gasteiger partial charge in [-0.25, -0.2) is 0 Å². The number of hydrogen-bond acceptors (Lipinski definition) is 1. The summed E-state index contributed by atoms with van der Waals surface area (Å²) in [4.78, 5) is 2.37.